The number of halogens is 1. The molecule has 0 spiro atoms. The zero-order valence-electron chi connectivity index (χ0n) is 29.7. The fourth-order valence-corrected chi connectivity index (χ4v) is 7.22. The average molecular weight is 722 g/mol. The van der Waals surface area contributed by atoms with Crippen molar-refractivity contribution in [3.63, 3.8) is 0 Å². The van der Waals surface area contributed by atoms with Gasteiger partial charge in [0.1, 0.15) is 0 Å². The van der Waals surface area contributed by atoms with Crippen LogP contribution in [0.15, 0.2) is 109 Å². The van der Waals surface area contributed by atoms with E-state index in [2.05, 4.69) is 56.4 Å². The number of carbonyl (C=O) groups is 2. The predicted molar refractivity (Wildman–Crippen MR) is 208 cm³/mol. The molecule has 1 unspecified atom stereocenters. The summed E-state index contributed by atoms with van der Waals surface area (Å²) in [5.41, 5.74) is 10.4. The van der Waals surface area contributed by atoms with Gasteiger partial charge in [0.25, 0.3) is 10.1 Å². The Morgan fingerprint density at radius 2 is 1.35 bits per heavy atom. The molecular formula is C43H44ClNO5S. The van der Waals surface area contributed by atoms with Crippen LogP contribution in [0.5, 0.6) is 0 Å². The van der Waals surface area contributed by atoms with Gasteiger partial charge in [-0.2, -0.15) is 8.42 Å². The smallest absolute Gasteiger partial charge is 0.264 e. The normalized spacial score (nSPS) is 12.4. The molecular weight excluding hydrogens is 678 g/mol. The van der Waals surface area contributed by atoms with E-state index in [4.69, 9.17) is 16.2 Å². The monoisotopic (exact) mass is 721 g/mol. The van der Waals surface area contributed by atoms with Crippen molar-refractivity contribution in [3.8, 4) is 22.3 Å². The summed E-state index contributed by atoms with van der Waals surface area (Å²) >= 11 is 6.60. The van der Waals surface area contributed by atoms with Crippen LogP contribution < -0.4 is 5.32 Å². The molecule has 0 radical (unpaired) electrons. The summed E-state index contributed by atoms with van der Waals surface area (Å²) in [6.07, 6.45) is 0.430. The lowest BCUT2D eigenvalue weighted by molar-refractivity contribution is -0.117. The van der Waals surface area contributed by atoms with Gasteiger partial charge in [0, 0.05) is 28.3 Å². The molecule has 0 aliphatic heterocycles. The van der Waals surface area contributed by atoms with Crippen molar-refractivity contribution in [2.45, 2.75) is 65.2 Å². The number of rotatable bonds is 12. The van der Waals surface area contributed by atoms with Crippen LogP contribution in [0, 0.1) is 13.8 Å². The highest BCUT2D eigenvalue weighted by molar-refractivity contribution is 7.85. The first kappa shape index (κ1) is 37.7. The number of aryl methyl sites for hydroxylation is 2. The Kier molecular flexibility index (Phi) is 11.7. The van der Waals surface area contributed by atoms with Crippen molar-refractivity contribution in [3.05, 3.63) is 148 Å². The molecule has 0 bridgehead atoms. The van der Waals surface area contributed by atoms with E-state index < -0.39 is 21.8 Å². The van der Waals surface area contributed by atoms with E-state index in [0.29, 0.717) is 22.7 Å². The topological polar surface area (TPSA) is 101 Å². The highest BCUT2D eigenvalue weighted by atomic mass is 35.5. The highest BCUT2D eigenvalue weighted by Gasteiger charge is 2.23. The summed E-state index contributed by atoms with van der Waals surface area (Å²) in [5.74, 6) is -1.38. The SMILES string of the molecule is Cc1cc(C)c(-c2ccc(NC(=O)C(Cc3ccc(C(=O)CCCS(=O)(=O)O)cc3)c3ccc(-c4ccc(C(C)(C)C)cc4)cc3)cc2)c(Cl)c1. The molecule has 0 saturated heterocycles. The quantitative estimate of drug-likeness (QED) is 0.0987. The zero-order chi connectivity index (χ0) is 36.9. The Morgan fingerprint density at radius 3 is 1.90 bits per heavy atom. The van der Waals surface area contributed by atoms with Gasteiger partial charge in [-0.1, -0.05) is 123 Å². The number of carbonyl (C=O) groups excluding carboxylic acids is 2. The fraction of sp³-hybridized carbons (Fsp3) is 0.256. The second kappa shape index (κ2) is 15.8. The summed E-state index contributed by atoms with van der Waals surface area (Å²) in [6.45, 7) is 10.6. The minimum absolute atomic E-state index is 0.00389. The molecule has 5 rings (SSSR count). The maximum atomic E-state index is 14.0. The lowest BCUT2D eigenvalue weighted by atomic mass is 9.86. The van der Waals surface area contributed by atoms with Crippen LogP contribution in [0.2, 0.25) is 5.02 Å². The number of benzene rings is 5. The van der Waals surface area contributed by atoms with Crippen molar-refractivity contribution >= 4 is 39.1 Å². The number of amides is 1. The van der Waals surface area contributed by atoms with Gasteiger partial charge in [-0.15, -0.1) is 0 Å². The molecule has 8 heteroatoms. The first-order chi connectivity index (χ1) is 24.1. The minimum atomic E-state index is -4.12. The minimum Gasteiger partial charge on any atom is -0.326 e. The van der Waals surface area contributed by atoms with E-state index in [9.17, 15) is 18.0 Å². The molecule has 5 aromatic carbocycles. The molecule has 1 amide bonds. The molecule has 0 aromatic heterocycles. The van der Waals surface area contributed by atoms with Gasteiger partial charge in [-0.3, -0.25) is 14.1 Å². The van der Waals surface area contributed by atoms with Gasteiger partial charge in [0.15, 0.2) is 5.78 Å². The number of hydrogen-bond acceptors (Lipinski definition) is 4. The van der Waals surface area contributed by atoms with Crippen LogP contribution >= 0.6 is 11.6 Å². The zero-order valence-corrected chi connectivity index (χ0v) is 31.2. The lowest BCUT2D eigenvalue weighted by Gasteiger charge is -2.20. The summed E-state index contributed by atoms with van der Waals surface area (Å²) in [5, 5.41) is 3.80. The molecule has 0 fully saturated rings. The van der Waals surface area contributed by atoms with E-state index in [0.717, 1.165) is 44.5 Å². The van der Waals surface area contributed by atoms with Crippen LogP contribution in [-0.4, -0.2) is 30.4 Å². The molecule has 2 N–H and O–H groups in total. The molecule has 6 nitrogen and oxygen atoms in total. The first-order valence-corrected chi connectivity index (χ1v) is 19.0. The van der Waals surface area contributed by atoms with E-state index in [-0.39, 0.29) is 29.9 Å². The fourth-order valence-electron chi connectivity index (χ4n) is 6.29. The van der Waals surface area contributed by atoms with Crippen LogP contribution in [0.4, 0.5) is 5.69 Å². The van der Waals surface area contributed by atoms with Gasteiger partial charge in [-0.05, 0) is 94.8 Å². The molecule has 5 aromatic rings. The average Bonchev–Trinajstić information content (AvgIpc) is 3.07. The van der Waals surface area contributed by atoms with Crippen molar-refractivity contribution in [2.75, 3.05) is 11.1 Å². The number of Topliss-reactive ketones (excluding diaryl/α,β-unsaturated/α-hetero) is 1. The molecule has 0 heterocycles. The van der Waals surface area contributed by atoms with Crippen LogP contribution in [0.3, 0.4) is 0 Å². The Labute approximate surface area is 306 Å². The van der Waals surface area contributed by atoms with E-state index in [1.165, 1.54) is 5.56 Å². The molecule has 0 aliphatic carbocycles. The Balaban J connectivity index is 1.38. The molecule has 264 valence electrons. The summed E-state index contributed by atoms with van der Waals surface area (Å²) in [4.78, 5) is 26.7. The largest absolute Gasteiger partial charge is 0.326 e. The summed E-state index contributed by atoms with van der Waals surface area (Å²) in [6, 6.07) is 35.4. The van der Waals surface area contributed by atoms with Crippen LogP contribution in [0.25, 0.3) is 22.3 Å². The highest BCUT2D eigenvalue weighted by Crippen LogP contribution is 2.34. The second-order valence-electron chi connectivity index (χ2n) is 14.2. The van der Waals surface area contributed by atoms with Crippen molar-refractivity contribution in [1.29, 1.82) is 0 Å². The van der Waals surface area contributed by atoms with Crippen molar-refractivity contribution < 1.29 is 22.6 Å². The van der Waals surface area contributed by atoms with E-state index >= 15 is 0 Å². The maximum Gasteiger partial charge on any atom is 0.264 e. The molecule has 51 heavy (non-hydrogen) atoms. The van der Waals surface area contributed by atoms with Gasteiger partial charge < -0.3 is 5.32 Å². The first-order valence-electron chi connectivity index (χ1n) is 17.0. The lowest BCUT2D eigenvalue weighted by Crippen LogP contribution is -2.23. The second-order valence-corrected chi connectivity index (χ2v) is 16.2. The van der Waals surface area contributed by atoms with Gasteiger partial charge in [0.05, 0.1) is 11.7 Å². The van der Waals surface area contributed by atoms with Crippen molar-refractivity contribution in [1.82, 2.24) is 0 Å². The number of hydrogen-bond donors (Lipinski definition) is 2. The van der Waals surface area contributed by atoms with E-state index in [1.807, 2.05) is 80.6 Å². The number of ketones is 1. The van der Waals surface area contributed by atoms with Gasteiger partial charge in [0.2, 0.25) is 5.91 Å². The van der Waals surface area contributed by atoms with Gasteiger partial charge in [-0.25, -0.2) is 0 Å². The molecule has 0 aliphatic rings. The molecule has 1 atom stereocenters. The van der Waals surface area contributed by atoms with Gasteiger partial charge >= 0.3 is 0 Å². The van der Waals surface area contributed by atoms with E-state index in [1.54, 1.807) is 12.1 Å². The van der Waals surface area contributed by atoms with Crippen LogP contribution in [-0.2, 0) is 26.7 Å². The standard InChI is InChI=1S/C43H44ClNO5S/c1-28-25-29(2)41(39(44)26-28)35-18-22-37(23-19-35)45-42(47)38(27-30-8-10-34(11-9-30)40(46)7-6-24-51(48,49)50)33-14-12-31(13-15-33)32-16-20-36(21-17-32)43(3,4)5/h8-23,25-26,38H,6-7,24,27H2,1-5H3,(H,45,47)(H,48,49,50). The Hall–Kier alpha value is -4.56. The third-order valence-electron chi connectivity index (χ3n) is 9.11. The third-order valence-corrected chi connectivity index (χ3v) is 10.2. The predicted octanol–water partition coefficient (Wildman–Crippen LogP) is 10.4. The third kappa shape index (κ3) is 10.0. The number of nitrogens with one attached hydrogen (secondary N) is 1. The Morgan fingerprint density at radius 1 is 0.784 bits per heavy atom. The maximum absolute atomic E-state index is 14.0. The number of anilines is 1. The Bertz CT molecular complexity index is 2090. The summed E-state index contributed by atoms with van der Waals surface area (Å²) in [7, 11) is -4.12. The van der Waals surface area contributed by atoms with Crippen molar-refractivity contribution in [2.24, 2.45) is 0 Å². The summed E-state index contributed by atoms with van der Waals surface area (Å²) < 4.78 is 31.0. The van der Waals surface area contributed by atoms with Crippen LogP contribution in [0.1, 0.15) is 77.7 Å². The molecule has 0 saturated carbocycles.